The van der Waals surface area contributed by atoms with Gasteiger partial charge in [-0.3, -0.25) is 4.79 Å². The van der Waals surface area contributed by atoms with E-state index < -0.39 is 11.3 Å². The molecule has 6 nitrogen and oxygen atoms in total. The van der Waals surface area contributed by atoms with Gasteiger partial charge in [0.25, 0.3) is 0 Å². The van der Waals surface area contributed by atoms with Gasteiger partial charge in [-0.05, 0) is 90.8 Å². The molecule has 0 spiro atoms. The molecule has 6 N–H and O–H groups in total. The second-order valence-corrected chi connectivity index (χ2v) is 7.88. The molecule has 0 atom stereocenters. The molecule has 0 saturated carbocycles. The maximum atomic E-state index is 12.6. The molecule has 0 aliphatic heterocycles. The average molecular weight is 440 g/mol. The highest BCUT2D eigenvalue weighted by Crippen LogP contribution is 2.35. The van der Waals surface area contributed by atoms with Gasteiger partial charge in [0.05, 0.1) is 5.41 Å². The zero-order valence-electron chi connectivity index (χ0n) is 18.2. The van der Waals surface area contributed by atoms with E-state index in [0.717, 1.165) is 11.1 Å². The van der Waals surface area contributed by atoms with Crippen LogP contribution in [0.25, 0.3) is 0 Å². The number of nitrogen functional groups attached to an aromatic ring is 2. The summed E-state index contributed by atoms with van der Waals surface area (Å²) in [6.45, 7) is 1.81. The molecule has 1 amide bonds. The van der Waals surface area contributed by atoms with Crippen molar-refractivity contribution >= 4 is 17.3 Å². The van der Waals surface area contributed by atoms with Gasteiger partial charge in [-0.2, -0.15) is 0 Å². The summed E-state index contributed by atoms with van der Waals surface area (Å²) in [5, 5.41) is 0. The lowest BCUT2D eigenvalue weighted by Crippen LogP contribution is -2.39. The minimum absolute atomic E-state index is 0.457. The Labute approximate surface area is 192 Å². The summed E-state index contributed by atoms with van der Waals surface area (Å²) in [6, 6.07) is 28.9. The zero-order chi connectivity index (χ0) is 23.4. The number of anilines is 2. The molecule has 4 rings (SSSR count). The van der Waals surface area contributed by atoms with E-state index in [0.29, 0.717) is 34.4 Å². The molecule has 0 fully saturated rings. The third-order valence-corrected chi connectivity index (χ3v) is 5.59. The molecule has 0 radical (unpaired) electrons. The number of hydrogen-bond donors (Lipinski definition) is 3. The Morgan fingerprint density at radius 1 is 0.576 bits per heavy atom. The maximum absolute atomic E-state index is 12.6. The highest BCUT2D eigenvalue weighted by molar-refractivity contribution is 5.90. The molecule has 6 heteroatoms. The molecule has 0 aliphatic carbocycles. The first-order valence-electron chi connectivity index (χ1n) is 10.4. The van der Waals surface area contributed by atoms with Crippen LogP contribution in [0.3, 0.4) is 0 Å². The molecular weight excluding hydrogens is 414 g/mol. The van der Waals surface area contributed by atoms with Crippen molar-refractivity contribution in [3.05, 3.63) is 108 Å². The number of rotatable bonds is 7. The second kappa shape index (κ2) is 8.96. The summed E-state index contributed by atoms with van der Waals surface area (Å²) in [5.41, 5.74) is 19.1. The number of carbonyl (C=O) groups is 1. The average Bonchev–Trinajstić information content (AvgIpc) is 2.82. The highest BCUT2D eigenvalue weighted by Gasteiger charge is 2.35. The minimum atomic E-state index is -1.03. The van der Waals surface area contributed by atoms with Crippen LogP contribution in [-0.2, 0) is 10.2 Å². The standard InChI is InChI=1S/C27H25N3O3/c1-27(26(30)31,18-2-10-22(11-3-18)32-24-14-6-20(28)7-15-24)19-4-12-23(13-5-19)33-25-16-8-21(29)9-17-25/h2-17H,28-29H2,1H3,(H2,30,31). The van der Waals surface area contributed by atoms with Gasteiger partial charge >= 0.3 is 0 Å². The van der Waals surface area contributed by atoms with Crippen LogP contribution in [0, 0.1) is 0 Å². The number of benzene rings is 4. The summed E-state index contributed by atoms with van der Waals surface area (Å²) in [4.78, 5) is 12.6. The van der Waals surface area contributed by atoms with Crippen molar-refractivity contribution in [2.45, 2.75) is 12.3 Å². The van der Waals surface area contributed by atoms with E-state index in [1.54, 1.807) is 55.5 Å². The van der Waals surface area contributed by atoms with Crippen LogP contribution in [0.5, 0.6) is 23.0 Å². The molecular formula is C27H25N3O3. The number of nitrogens with two attached hydrogens (primary N) is 3. The van der Waals surface area contributed by atoms with Crippen molar-refractivity contribution in [3.63, 3.8) is 0 Å². The quantitative estimate of drug-likeness (QED) is 0.341. The van der Waals surface area contributed by atoms with E-state index in [-0.39, 0.29) is 0 Å². The van der Waals surface area contributed by atoms with Gasteiger partial charge in [0, 0.05) is 11.4 Å². The van der Waals surface area contributed by atoms with Crippen molar-refractivity contribution < 1.29 is 14.3 Å². The predicted molar refractivity (Wildman–Crippen MR) is 130 cm³/mol. The van der Waals surface area contributed by atoms with Crippen molar-refractivity contribution in [2.75, 3.05) is 11.5 Å². The summed E-state index contributed by atoms with van der Waals surface area (Å²) < 4.78 is 11.7. The summed E-state index contributed by atoms with van der Waals surface area (Å²) in [5.74, 6) is 2.17. The summed E-state index contributed by atoms with van der Waals surface area (Å²) >= 11 is 0. The molecule has 0 unspecified atom stereocenters. The van der Waals surface area contributed by atoms with Crippen molar-refractivity contribution in [3.8, 4) is 23.0 Å². The molecule has 0 aromatic heterocycles. The summed E-state index contributed by atoms with van der Waals surface area (Å²) in [6.07, 6.45) is 0. The Bertz CT molecular complexity index is 1140. The van der Waals surface area contributed by atoms with Gasteiger partial charge in [-0.15, -0.1) is 0 Å². The fourth-order valence-electron chi connectivity index (χ4n) is 3.51. The summed E-state index contributed by atoms with van der Waals surface area (Å²) in [7, 11) is 0. The Balaban J connectivity index is 1.55. The van der Waals surface area contributed by atoms with Gasteiger partial charge in [0.2, 0.25) is 5.91 Å². The predicted octanol–water partition coefficient (Wildman–Crippen LogP) is 5.23. The van der Waals surface area contributed by atoms with E-state index >= 15 is 0 Å². The molecule has 4 aromatic carbocycles. The SMILES string of the molecule is CC(C(N)=O)(c1ccc(Oc2ccc(N)cc2)cc1)c1ccc(Oc2ccc(N)cc2)cc1. The van der Waals surface area contributed by atoms with Crippen molar-refractivity contribution in [1.29, 1.82) is 0 Å². The molecule has 166 valence electrons. The Hall–Kier alpha value is -4.45. The maximum Gasteiger partial charge on any atom is 0.232 e. The second-order valence-electron chi connectivity index (χ2n) is 7.88. The van der Waals surface area contributed by atoms with Crippen LogP contribution in [0.2, 0.25) is 0 Å². The molecule has 0 saturated heterocycles. The lowest BCUT2D eigenvalue weighted by molar-refractivity contribution is -0.121. The number of amides is 1. The van der Waals surface area contributed by atoms with Crippen LogP contribution in [0.4, 0.5) is 11.4 Å². The van der Waals surface area contributed by atoms with Gasteiger partial charge in [-0.1, -0.05) is 24.3 Å². The van der Waals surface area contributed by atoms with Gasteiger partial charge in [0.1, 0.15) is 23.0 Å². The van der Waals surface area contributed by atoms with E-state index in [1.165, 1.54) is 0 Å². The van der Waals surface area contributed by atoms with Gasteiger partial charge in [-0.25, -0.2) is 0 Å². The van der Waals surface area contributed by atoms with E-state index in [9.17, 15) is 4.79 Å². The van der Waals surface area contributed by atoms with E-state index in [1.807, 2.05) is 48.5 Å². The Morgan fingerprint density at radius 3 is 1.12 bits per heavy atom. The fourth-order valence-corrected chi connectivity index (χ4v) is 3.51. The number of carbonyl (C=O) groups excluding carboxylic acids is 1. The Kier molecular flexibility index (Phi) is 5.91. The molecule has 4 aromatic rings. The molecule has 0 heterocycles. The first-order chi connectivity index (χ1) is 15.8. The first kappa shape index (κ1) is 21.8. The molecule has 33 heavy (non-hydrogen) atoms. The highest BCUT2D eigenvalue weighted by atomic mass is 16.5. The normalized spacial score (nSPS) is 11.1. The number of ether oxygens (including phenoxy) is 2. The smallest absolute Gasteiger partial charge is 0.232 e. The Morgan fingerprint density at radius 2 is 0.848 bits per heavy atom. The van der Waals surface area contributed by atoms with Crippen LogP contribution in [0.1, 0.15) is 18.1 Å². The molecule has 0 aliphatic rings. The number of hydrogen-bond acceptors (Lipinski definition) is 5. The van der Waals surface area contributed by atoms with Gasteiger partial charge in [0.15, 0.2) is 0 Å². The minimum Gasteiger partial charge on any atom is -0.457 e. The number of primary amides is 1. The van der Waals surface area contributed by atoms with Crippen molar-refractivity contribution in [1.82, 2.24) is 0 Å². The molecule has 0 bridgehead atoms. The van der Waals surface area contributed by atoms with Crippen LogP contribution in [0.15, 0.2) is 97.1 Å². The van der Waals surface area contributed by atoms with Crippen LogP contribution < -0.4 is 26.7 Å². The first-order valence-corrected chi connectivity index (χ1v) is 10.4. The van der Waals surface area contributed by atoms with Crippen LogP contribution >= 0.6 is 0 Å². The fraction of sp³-hybridized carbons (Fsp3) is 0.0741. The van der Waals surface area contributed by atoms with Gasteiger partial charge < -0.3 is 26.7 Å². The largest absolute Gasteiger partial charge is 0.457 e. The third kappa shape index (κ3) is 4.75. The topological polar surface area (TPSA) is 114 Å². The van der Waals surface area contributed by atoms with Crippen molar-refractivity contribution in [2.24, 2.45) is 5.73 Å². The lowest BCUT2D eigenvalue weighted by atomic mass is 9.75. The van der Waals surface area contributed by atoms with Crippen LogP contribution in [-0.4, -0.2) is 5.91 Å². The lowest BCUT2D eigenvalue weighted by Gasteiger charge is -2.27. The zero-order valence-corrected chi connectivity index (χ0v) is 18.2. The van der Waals surface area contributed by atoms with E-state index in [2.05, 4.69) is 0 Å². The third-order valence-electron chi connectivity index (χ3n) is 5.59. The monoisotopic (exact) mass is 439 g/mol. The van der Waals surface area contributed by atoms with E-state index in [4.69, 9.17) is 26.7 Å².